The van der Waals surface area contributed by atoms with Gasteiger partial charge in [0.05, 0.1) is 13.7 Å². The van der Waals surface area contributed by atoms with E-state index in [9.17, 15) is 19.1 Å². The maximum absolute atomic E-state index is 14.6. The average Bonchev–Trinajstić information content (AvgIpc) is 2.71. The second kappa shape index (κ2) is 9.06. The van der Waals surface area contributed by atoms with Crippen molar-refractivity contribution >= 4 is 17.5 Å². The number of hydrogen-bond acceptors (Lipinski definition) is 4. The Morgan fingerprint density at radius 2 is 1.97 bits per heavy atom. The Morgan fingerprint density at radius 1 is 1.23 bits per heavy atom. The van der Waals surface area contributed by atoms with Crippen molar-refractivity contribution in [3.05, 3.63) is 58.9 Å². The van der Waals surface area contributed by atoms with Gasteiger partial charge in [-0.2, -0.15) is 0 Å². The van der Waals surface area contributed by atoms with Crippen LogP contribution in [0, 0.1) is 5.82 Å². The van der Waals surface area contributed by atoms with E-state index < -0.39 is 17.8 Å². The number of benzene rings is 2. The molecule has 1 unspecified atom stereocenters. The van der Waals surface area contributed by atoms with E-state index >= 15 is 0 Å². The number of hydrogen-bond donors (Lipinski definition) is 2. The van der Waals surface area contributed by atoms with Crippen LogP contribution in [0.4, 0.5) is 10.1 Å². The van der Waals surface area contributed by atoms with Crippen molar-refractivity contribution < 1.29 is 23.8 Å². The van der Waals surface area contributed by atoms with Crippen LogP contribution in [0.2, 0.25) is 0 Å². The second-order valence-corrected chi connectivity index (χ2v) is 8.71. The third-order valence-corrected chi connectivity index (χ3v) is 5.52. The number of aliphatic hydroxyl groups excluding tert-OH is 1. The fourth-order valence-corrected chi connectivity index (χ4v) is 3.93. The molecular weight excluding hydrogens is 399 g/mol. The first kappa shape index (κ1) is 22.7. The van der Waals surface area contributed by atoms with Crippen molar-refractivity contribution in [1.29, 1.82) is 0 Å². The molecule has 0 saturated carbocycles. The molecule has 0 aromatic heterocycles. The predicted octanol–water partition coefficient (Wildman–Crippen LogP) is 3.58. The van der Waals surface area contributed by atoms with Gasteiger partial charge in [0.2, 0.25) is 5.91 Å². The van der Waals surface area contributed by atoms with Crippen LogP contribution in [0.15, 0.2) is 36.4 Å². The van der Waals surface area contributed by atoms with E-state index in [-0.39, 0.29) is 24.3 Å². The molecule has 2 aromatic rings. The lowest BCUT2D eigenvalue weighted by atomic mass is 9.86. The second-order valence-electron chi connectivity index (χ2n) is 8.71. The van der Waals surface area contributed by atoms with Gasteiger partial charge < -0.3 is 20.1 Å². The normalized spacial score (nSPS) is 15.9. The van der Waals surface area contributed by atoms with Gasteiger partial charge in [0, 0.05) is 18.7 Å². The van der Waals surface area contributed by atoms with Gasteiger partial charge >= 0.3 is 0 Å². The zero-order valence-electron chi connectivity index (χ0n) is 18.4. The van der Waals surface area contributed by atoms with Gasteiger partial charge in [-0.15, -0.1) is 0 Å². The van der Waals surface area contributed by atoms with Crippen LogP contribution in [-0.4, -0.2) is 42.1 Å². The van der Waals surface area contributed by atoms with Crippen LogP contribution in [-0.2, 0) is 21.4 Å². The van der Waals surface area contributed by atoms with Crippen LogP contribution in [0.3, 0.4) is 0 Å². The van der Waals surface area contributed by atoms with Gasteiger partial charge in [-0.25, -0.2) is 4.39 Å². The van der Waals surface area contributed by atoms with Crippen molar-refractivity contribution in [1.82, 2.24) is 4.90 Å². The molecular formula is C24H29FN2O4. The van der Waals surface area contributed by atoms with Crippen LogP contribution >= 0.6 is 0 Å². The summed E-state index contributed by atoms with van der Waals surface area (Å²) in [4.78, 5) is 27.4. The topological polar surface area (TPSA) is 78.9 Å². The monoisotopic (exact) mass is 428 g/mol. The summed E-state index contributed by atoms with van der Waals surface area (Å²) in [6.07, 6.45) is 0.507. The Labute approximate surface area is 182 Å². The van der Waals surface area contributed by atoms with E-state index in [1.165, 1.54) is 11.0 Å². The zero-order chi connectivity index (χ0) is 22.8. The number of nitrogens with one attached hydrogen (secondary N) is 1. The molecule has 6 nitrogen and oxygen atoms in total. The van der Waals surface area contributed by atoms with E-state index in [4.69, 9.17) is 4.74 Å². The third kappa shape index (κ3) is 4.88. The van der Waals surface area contributed by atoms with Crippen LogP contribution in [0.5, 0.6) is 5.75 Å². The Balaban J connectivity index is 1.93. The molecule has 1 aliphatic rings. The van der Waals surface area contributed by atoms with Gasteiger partial charge in [-0.1, -0.05) is 32.9 Å². The molecule has 2 N–H and O–H groups in total. The van der Waals surface area contributed by atoms with Gasteiger partial charge in [-0.3, -0.25) is 9.59 Å². The Kier molecular flexibility index (Phi) is 6.65. The minimum absolute atomic E-state index is 0.0653. The molecule has 0 fully saturated rings. The van der Waals surface area contributed by atoms with Crippen LogP contribution in [0.1, 0.15) is 49.9 Å². The first-order valence-corrected chi connectivity index (χ1v) is 10.3. The quantitative estimate of drug-likeness (QED) is 0.763. The highest BCUT2D eigenvalue weighted by atomic mass is 19.1. The largest absolute Gasteiger partial charge is 0.497 e. The van der Waals surface area contributed by atoms with Crippen LogP contribution < -0.4 is 10.1 Å². The maximum Gasteiger partial charge on any atom is 0.251 e. The van der Waals surface area contributed by atoms with Gasteiger partial charge in [0.25, 0.3) is 5.91 Å². The number of halogens is 1. The van der Waals surface area contributed by atoms with Crippen LogP contribution in [0.25, 0.3) is 0 Å². The van der Waals surface area contributed by atoms with E-state index in [2.05, 4.69) is 5.32 Å². The SMILES string of the molecule is COc1ccc2c(c1)CCN(C(=O)CCO)C2C(=O)Nc1ccc(C(C)(C)C)c(F)c1. The first-order chi connectivity index (χ1) is 14.7. The third-order valence-electron chi connectivity index (χ3n) is 5.52. The maximum atomic E-state index is 14.6. The zero-order valence-corrected chi connectivity index (χ0v) is 18.4. The summed E-state index contributed by atoms with van der Waals surface area (Å²) in [5, 5.41) is 12.0. The molecule has 2 amide bonds. The number of rotatable bonds is 5. The predicted molar refractivity (Wildman–Crippen MR) is 117 cm³/mol. The molecule has 0 spiro atoms. The average molecular weight is 429 g/mol. The van der Waals surface area contributed by atoms with Crippen molar-refractivity contribution in [3.8, 4) is 5.75 Å². The Morgan fingerprint density at radius 3 is 2.58 bits per heavy atom. The number of aliphatic hydroxyl groups is 1. The minimum atomic E-state index is -0.876. The lowest BCUT2D eigenvalue weighted by Gasteiger charge is -2.36. The number of nitrogens with zero attached hydrogens (tertiary/aromatic N) is 1. The number of fused-ring (bicyclic) bond motifs is 1. The Hall–Kier alpha value is -2.93. The number of ether oxygens (including phenoxy) is 1. The summed E-state index contributed by atoms with van der Waals surface area (Å²) < 4.78 is 19.9. The fraction of sp³-hybridized carbons (Fsp3) is 0.417. The summed E-state index contributed by atoms with van der Waals surface area (Å²) in [6.45, 7) is 5.80. The number of anilines is 1. The molecule has 1 atom stereocenters. The summed E-state index contributed by atoms with van der Waals surface area (Å²) in [5.41, 5.74) is 2.14. The molecule has 2 aromatic carbocycles. The first-order valence-electron chi connectivity index (χ1n) is 10.3. The highest BCUT2D eigenvalue weighted by Gasteiger charge is 2.36. The number of methoxy groups -OCH3 is 1. The molecule has 31 heavy (non-hydrogen) atoms. The molecule has 0 radical (unpaired) electrons. The molecule has 1 heterocycles. The summed E-state index contributed by atoms with van der Waals surface area (Å²) in [7, 11) is 1.57. The van der Waals surface area contributed by atoms with E-state index in [0.29, 0.717) is 35.5 Å². The number of carbonyl (C=O) groups is 2. The lowest BCUT2D eigenvalue weighted by molar-refractivity contribution is -0.140. The molecule has 0 bridgehead atoms. The molecule has 0 saturated heterocycles. The van der Waals surface area contributed by atoms with Crippen molar-refractivity contribution in [2.24, 2.45) is 0 Å². The van der Waals surface area contributed by atoms with Gasteiger partial charge in [0.15, 0.2) is 0 Å². The van der Waals surface area contributed by atoms with Gasteiger partial charge in [-0.05, 0) is 52.8 Å². The summed E-state index contributed by atoms with van der Waals surface area (Å²) >= 11 is 0. The van der Waals surface area contributed by atoms with Gasteiger partial charge in [0.1, 0.15) is 17.6 Å². The van der Waals surface area contributed by atoms with E-state index in [1.54, 1.807) is 31.4 Å². The van der Waals surface area contributed by atoms with Crippen molar-refractivity contribution in [2.45, 2.75) is 45.1 Å². The minimum Gasteiger partial charge on any atom is -0.497 e. The molecule has 1 aliphatic heterocycles. The van der Waals surface area contributed by atoms with Crippen molar-refractivity contribution in [2.75, 3.05) is 25.6 Å². The highest BCUT2D eigenvalue weighted by Crippen LogP contribution is 2.34. The summed E-state index contributed by atoms with van der Waals surface area (Å²) in [5.74, 6) is -0.459. The number of carbonyl (C=O) groups excluding carboxylic acids is 2. The lowest BCUT2D eigenvalue weighted by Crippen LogP contribution is -2.45. The molecule has 3 rings (SSSR count). The number of amides is 2. The smallest absolute Gasteiger partial charge is 0.251 e. The standard InChI is InChI=1S/C24H29FN2O4/c1-24(2,3)19-8-5-16(14-20(19)25)26-23(30)22-18-7-6-17(31-4)13-15(18)9-11-27(22)21(29)10-12-28/h5-8,13-14,22,28H,9-12H2,1-4H3,(H,26,30). The van der Waals surface area contributed by atoms with E-state index in [1.807, 2.05) is 26.8 Å². The highest BCUT2D eigenvalue weighted by molar-refractivity contribution is 5.98. The molecule has 0 aliphatic carbocycles. The van der Waals surface area contributed by atoms with Crippen molar-refractivity contribution in [3.63, 3.8) is 0 Å². The summed E-state index contributed by atoms with van der Waals surface area (Å²) in [6, 6.07) is 9.14. The fourth-order valence-electron chi connectivity index (χ4n) is 3.93. The Bertz CT molecular complexity index is 984. The van der Waals surface area contributed by atoms with E-state index in [0.717, 1.165) is 5.56 Å². The molecule has 7 heteroatoms. The molecule has 166 valence electrons.